The highest BCUT2D eigenvalue weighted by molar-refractivity contribution is 7.80. The molecule has 0 spiro atoms. The molecule has 0 radical (unpaired) electrons. The van der Waals surface area contributed by atoms with Gasteiger partial charge in [-0.15, -0.1) is 0 Å². The molecule has 4 aliphatic rings. The molecule has 1 nitrogen and oxygen atoms in total. The smallest absolute Gasteiger partial charge is 0.167 e. The van der Waals surface area contributed by atoms with Gasteiger partial charge in [0.25, 0.3) is 0 Å². The van der Waals surface area contributed by atoms with E-state index in [1.54, 1.807) is 0 Å². The molecule has 0 unspecified atom stereocenters. The normalized spacial score (nSPS) is 33.5. The second-order valence-corrected chi connectivity index (χ2v) is 10.3. The minimum atomic E-state index is 0.220. The van der Waals surface area contributed by atoms with E-state index in [1.807, 2.05) is 0 Å². The lowest BCUT2D eigenvalue weighted by Crippen LogP contribution is -2.47. The Hall–Kier alpha value is -0.890. The fourth-order valence-electron chi connectivity index (χ4n) is 6.16. The van der Waals surface area contributed by atoms with E-state index >= 15 is 0 Å². The van der Waals surface area contributed by atoms with Gasteiger partial charge in [0.2, 0.25) is 0 Å². The Labute approximate surface area is 158 Å². The van der Waals surface area contributed by atoms with Crippen molar-refractivity contribution < 1.29 is 4.74 Å². The van der Waals surface area contributed by atoms with Crippen LogP contribution in [0.25, 0.3) is 0 Å². The maximum absolute atomic E-state index is 6.09. The summed E-state index contributed by atoms with van der Waals surface area (Å²) in [5, 5.41) is 0.810. The Morgan fingerprint density at radius 1 is 1.04 bits per heavy atom. The first kappa shape index (κ1) is 17.5. The lowest BCUT2D eigenvalue weighted by Gasteiger charge is -2.56. The zero-order valence-corrected chi connectivity index (χ0v) is 16.8. The molecule has 136 valence electrons. The van der Waals surface area contributed by atoms with Crippen LogP contribution in [0.15, 0.2) is 24.3 Å². The molecule has 4 bridgehead atoms. The molecule has 25 heavy (non-hydrogen) atoms. The van der Waals surface area contributed by atoms with Crippen molar-refractivity contribution in [2.75, 3.05) is 0 Å². The fraction of sp³-hybridized carbons (Fsp3) is 0.696. The Morgan fingerprint density at radius 3 is 2.04 bits per heavy atom. The standard InChI is InChI=1S/C23H32OS/c1-4-22(2,3)19-5-7-20(8-6-19)24-21(25)15-23-12-16-9-17(13-23)11-18(10-16)14-23/h5-8,16-18H,4,9-15H2,1-3H3. The van der Waals surface area contributed by atoms with Gasteiger partial charge in [0.1, 0.15) is 5.75 Å². The molecule has 1 aromatic carbocycles. The SMILES string of the molecule is CCC(C)(C)c1ccc(OC(=S)CC23CC4CC(CC(C4)C2)C3)cc1. The van der Waals surface area contributed by atoms with Gasteiger partial charge < -0.3 is 4.74 Å². The van der Waals surface area contributed by atoms with E-state index in [0.29, 0.717) is 5.41 Å². The predicted molar refractivity (Wildman–Crippen MR) is 108 cm³/mol. The summed E-state index contributed by atoms with van der Waals surface area (Å²) in [7, 11) is 0. The third-order valence-corrected chi connectivity index (χ3v) is 7.66. The molecular weight excluding hydrogens is 324 g/mol. The van der Waals surface area contributed by atoms with Gasteiger partial charge in [-0.2, -0.15) is 0 Å². The first-order valence-corrected chi connectivity index (χ1v) is 10.6. The first-order valence-electron chi connectivity index (χ1n) is 10.2. The van der Waals surface area contributed by atoms with Crippen LogP contribution in [0.1, 0.15) is 77.7 Å². The lowest BCUT2D eigenvalue weighted by molar-refractivity contribution is -0.0492. The lowest BCUT2D eigenvalue weighted by atomic mass is 9.49. The van der Waals surface area contributed by atoms with Crippen molar-refractivity contribution in [3.8, 4) is 5.75 Å². The zero-order valence-electron chi connectivity index (χ0n) is 16.0. The monoisotopic (exact) mass is 356 g/mol. The summed E-state index contributed by atoms with van der Waals surface area (Å²) in [4.78, 5) is 0. The Kier molecular flexibility index (Phi) is 4.46. The number of rotatable bonds is 5. The summed E-state index contributed by atoms with van der Waals surface area (Å²) in [6.07, 6.45) is 10.8. The summed E-state index contributed by atoms with van der Waals surface area (Å²) in [6.45, 7) is 6.83. The van der Waals surface area contributed by atoms with Gasteiger partial charge in [0.05, 0.1) is 0 Å². The third kappa shape index (κ3) is 3.52. The second-order valence-electron chi connectivity index (χ2n) is 9.83. The molecule has 4 fully saturated rings. The number of benzene rings is 1. The van der Waals surface area contributed by atoms with E-state index in [2.05, 4.69) is 45.0 Å². The Morgan fingerprint density at radius 2 is 1.56 bits per heavy atom. The van der Waals surface area contributed by atoms with Crippen molar-refractivity contribution in [2.24, 2.45) is 23.2 Å². The summed E-state index contributed by atoms with van der Waals surface area (Å²) >= 11 is 5.68. The maximum atomic E-state index is 6.09. The number of thiocarbonyl (C=S) groups is 1. The van der Waals surface area contributed by atoms with E-state index in [-0.39, 0.29) is 5.41 Å². The molecule has 0 heterocycles. The number of ether oxygens (including phenoxy) is 1. The molecule has 0 saturated heterocycles. The quantitative estimate of drug-likeness (QED) is 0.544. The van der Waals surface area contributed by atoms with Gasteiger partial charge in [-0.25, -0.2) is 0 Å². The van der Waals surface area contributed by atoms with E-state index < -0.39 is 0 Å². The van der Waals surface area contributed by atoms with Crippen molar-refractivity contribution in [3.63, 3.8) is 0 Å². The van der Waals surface area contributed by atoms with Crippen LogP contribution in [0, 0.1) is 23.2 Å². The van der Waals surface area contributed by atoms with Crippen LogP contribution >= 0.6 is 12.2 Å². The Balaban J connectivity index is 1.39. The molecule has 0 amide bonds. The number of hydrogen-bond donors (Lipinski definition) is 0. The third-order valence-electron chi connectivity index (χ3n) is 7.44. The minimum absolute atomic E-state index is 0.220. The average Bonchev–Trinajstić information content (AvgIpc) is 2.53. The van der Waals surface area contributed by atoms with Crippen LogP contribution in [0.4, 0.5) is 0 Å². The Bertz CT molecular complexity index is 607. The van der Waals surface area contributed by atoms with Gasteiger partial charge >= 0.3 is 0 Å². The molecule has 0 aromatic heterocycles. The first-order chi connectivity index (χ1) is 11.9. The van der Waals surface area contributed by atoms with Gasteiger partial charge in [-0.05, 0) is 103 Å². The van der Waals surface area contributed by atoms with E-state index in [0.717, 1.165) is 41.4 Å². The molecule has 1 aromatic rings. The van der Waals surface area contributed by atoms with Crippen LogP contribution < -0.4 is 4.74 Å². The molecule has 0 N–H and O–H groups in total. The van der Waals surface area contributed by atoms with Crippen LogP contribution in [0.2, 0.25) is 0 Å². The molecule has 4 saturated carbocycles. The van der Waals surface area contributed by atoms with E-state index in [4.69, 9.17) is 17.0 Å². The summed E-state index contributed by atoms with van der Waals surface area (Å²) < 4.78 is 6.09. The van der Waals surface area contributed by atoms with Crippen LogP contribution in [0.5, 0.6) is 5.75 Å². The molecular formula is C23H32OS. The van der Waals surface area contributed by atoms with Crippen molar-refractivity contribution in [3.05, 3.63) is 29.8 Å². The zero-order chi connectivity index (χ0) is 17.7. The van der Waals surface area contributed by atoms with Crippen molar-refractivity contribution in [1.29, 1.82) is 0 Å². The van der Waals surface area contributed by atoms with Gasteiger partial charge in [0, 0.05) is 6.42 Å². The highest BCUT2D eigenvalue weighted by Crippen LogP contribution is 2.61. The van der Waals surface area contributed by atoms with Gasteiger partial charge in [0.15, 0.2) is 5.05 Å². The molecule has 5 rings (SSSR count). The van der Waals surface area contributed by atoms with Crippen LogP contribution in [-0.2, 0) is 5.41 Å². The van der Waals surface area contributed by atoms with Crippen molar-refractivity contribution in [2.45, 2.75) is 77.6 Å². The highest BCUT2D eigenvalue weighted by atomic mass is 32.1. The highest BCUT2D eigenvalue weighted by Gasteiger charge is 2.51. The van der Waals surface area contributed by atoms with E-state index in [1.165, 1.54) is 44.1 Å². The predicted octanol–water partition coefficient (Wildman–Crippen LogP) is 6.69. The van der Waals surface area contributed by atoms with Gasteiger partial charge in [-0.3, -0.25) is 0 Å². The summed E-state index contributed by atoms with van der Waals surface area (Å²) in [5.41, 5.74) is 2.06. The van der Waals surface area contributed by atoms with Crippen molar-refractivity contribution in [1.82, 2.24) is 0 Å². The second kappa shape index (κ2) is 6.37. The van der Waals surface area contributed by atoms with Gasteiger partial charge in [-0.1, -0.05) is 32.9 Å². The average molecular weight is 357 g/mol. The molecule has 0 atom stereocenters. The molecule has 0 aliphatic heterocycles. The minimum Gasteiger partial charge on any atom is -0.450 e. The maximum Gasteiger partial charge on any atom is 0.167 e. The molecule has 4 aliphatic carbocycles. The van der Waals surface area contributed by atoms with Crippen molar-refractivity contribution >= 4 is 17.3 Å². The summed E-state index contributed by atoms with van der Waals surface area (Å²) in [5.74, 6) is 3.84. The number of hydrogen-bond acceptors (Lipinski definition) is 2. The molecule has 2 heteroatoms. The summed E-state index contributed by atoms with van der Waals surface area (Å²) in [6, 6.07) is 8.59. The fourth-order valence-corrected chi connectivity index (χ4v) is 6.56. The largest absolute Gasteiger partial charge is 0.450 e. The van der Waals surface area contributed by atoms with Crippen LogP contribution in [-0.4, -0.2) is 5.05 Å². The van der Waals surface area contributed by atoms with E-state index in [9.17, 15) is 0 Å². The topological polar surface area (TPSA) is 9.23 Å². The van der Waals surface area contributed by atoms with Crippen LogP contribution in [0.3, 0.4) is 0 Å².